The van der Waals surface area contributed by atoms with Gasteiger partial charge in [0.05, 0.1) is 30.0 Å². The van der Waals surface area contributed by atoms with Crippen LogP contribution in [0.1, 0.15) is 121 Å². The van der Waals surface area contributed by atoms with Crippen molar-refractivity contribution in [1.29, 1.82) is 0 Å². The number of benzene rings is 1. The van der Waals surface area contributed by atoms with Gasteiger partial charge in [-0.15, -0.1) is 0 Å². The van der Waals surface area contributed by atoms with Crippen LogP contribution < -0.4 is 0 Å². The maximum atomic E-state index is 13.8. The average Bonchev–Trinajstić information content (AvgIpc) is 2.85. The van der Waals surface area contributed by atoms with E-state index in [1.54, 1.807) is 6.92 Å². The van der Waals surface area contributed by atoms with Gasteiger partial charge in [0.2, 0.25) is 0 Å². The lowest BCUT2D eigenvalue weighted by Gasteiger charge is -2.53. The second kappa shape index (κ2) is 13.0. The molecule has 3 unspecified atom stereocenters. The van der Waals surface area contributed by atoms with E-state index in [1.807, 2.05) is 73.6 Å². The molecule has 0 amide bonds. The lowest BCUT2D eigenvalue weighted by molar-refractivity contribution is -0.170. The zero-order chi connectivity index (χ0) is 33.2. The molecule has 0 bridgehead atoms. The van der Waals surface area contributed by atoms with E-state index in [0.29, 0.717) is 19.4 Å². The largest absolute Gasteiger partial charge is 0.481 e. The number of carbonyl (C=O) groups excluding carboxylic acids is 2. The average molecular weight is 654 g/mol. The summed E-state index contributed by atoms with van der Waals surface area (Å²) in [6, 6.07) is 10.2. The number of esters is 2. The fourth-order valence-corrected chi connectivity index (χ4v) is 6.66. The number of carboxylic acids is 1. The van der Waals surface area contributed by atoms with Crippen LogP contribution in [-0.4, -0.2) is 41.1 Å². The van der Waals surface area contributed by atoms with Crippen molar-refractivity contribution in [2.24, 2.45) is 32.5 Å². The van der Waals surface area contributed by atoms with Crippen molar-refractivity contribution in [3.05, 3.63) is 35.9 Å². The van der Waals surface area contributed by atoms with Gasteiger partial charge in [-0.1, -0.05) is 87.8 Å². The number of methoxy groups -OCH3 is 1. The molecular formula is C35H57BrO6. The molecule has 1 aromatic rings. The third-order valence-electron chi connectivity index (χ3n) is 10.9. The minimum Gasteiger partial charge on any atom is -0.481 e. The van der Waals surface area contributed by atoms with E-state index < -0.39 is 42.8 Å². The highest BCUT2D eigenvalue weighted by atomic mass is 79.9. The highest BCUT2D eigenvalue weighted by molar-refractivity contribution is 9.10. The van der Waals surface area contributed by atoms with Crippen LogP contribution in [0.25, 0.3) is 0 Å². The van der Waals surface area contributed by atoms with E-state index >= 15 is 0 Å². The fourth-order valence-electron chi connectivity index (χ4n) is 6.35. The Balaban J connectivity index is 3.78. The highest BCUT2D eigenvalue weighted by Crippen LogP contribution is 2.59. The highest BCUT2D eigenvalue weighted by Gasteiger charge is 2.58. The van der Waals surface area contributed by atoms with Gasteiger partial charge in [-0.05, 0) is 95.5 Å². The summed E-state index contributed by atoms with van der Waals surface area (Å²) >= 11 is 3.63. The summed E-state index contributed by atoms with van der Waals surface area (Å²) in [5.74, 6) is -1.56. The first-order chi connectivity index (χ1) is 18.8. The molecule has 0 aliphatic heterocycles. The fraction of sp³-hybridized carbons (Fsp3) is 0.743. The van der Waals surface area contributed by atoms with Gasteiger partial charge in [0, 0.05) is 4.32 Å². The maximum absolute atomic E-state index is 13.8. The van der Waals surface area contributed by atoms with Crippen LogP contribution in [0.2, 0.25) is 0 Å². The van der Waals surface area contributed by atoms with Gasteiger partial charge < -0.3 is 14.6 Å². The first-order valence-corrected chi connectivity index (χ1v) is 15.8. The van der Waals surface area contributed by atoms with Crippen molar-refractivity contribution in [2.45, 2.75) is 120 Å². The van der Waals surface area contributed by atoms with Crippen LogP contribution in [0.4, 0.5) is 0 Å². The van der Waals surface area contributed by atoms with Gasteiger partial charge >= 0.3 is 17.9 Å². The monoisotopic (exact) mass is 652 g/mol. The van der Waals surface area contributed by atoms with E-state index in [2.05, 4.69) is 55.8 Å². The zero-order valence-electron chi connectivity index (χ0n) is 28.7. The molecule has 0 aliphatic carbocycles. The number of halogens is 1. The molecule has 1 aromatic carbocycles. The first kappa shape index (κ1) is 38.1. The molecule has 7 heteroatoms. The number of rotatable bonds is 15. The Morgan fingerprint density at radius 2 is 1.29 bits per heavy atom. The van der Waals surface area contributed by atoms with Gasteiger partial charge in [-0.2, -0.15) is 0 Å². The summed E-state index contributed by atoms with van der Waals surface area (Å²) in [5, 5.41) is 10.4. The second-order valence-corrected chi connectivity index (χ2v) is 17.5. The van der Waals surface area contributed by atoms with Crippen molar-refractivity contribution >= 4 is 33.8 Å². The zero-order valence-corrected chi connectivity index (χ0v) is 30.2. The summed E-state index contributed by atoms with van der Waals surface area (Å²) in [6.45, 7) is 25.9. The number of hydrogen-bond donors (Lipinski definition) is 1. The van der Waals surface area contributed by atoms with Crippen LogP contribution in [0.5, 0.6) is 0 Å². The van der Waals surface area contributed by atoms with E-state index in [4.69, 9.17) is 9.47 Å². The van der Waals surface area contributed by atoms with Gasteiger partial charge in [0.15, 0.2) is 0 Å². The topological polar surface area (TPSA) is 89.9 Å². The van der Waals surface area contributed by atoms with E-state index in [0.717, 1.165) is 5.56 Å². The molecule has 0 saturated heterocycles. The van der Waals surface area contributed by atoms with Crippen molar-refractivity contribution in [1.82, 2.24) is 0 Å². The lowest BCUT2D eigenvalue weighted by Crippen LogP contribution is -2.53. The molecule has 0 radical (unpaired) electrons. The minimum atomic E-state index is -1.17. The van der Waals surface area contributed by atoms with Crippen LogP contribution in [0, 0.1) is 32.5 Å². The molecule has 0 saturated carbocycles. The molecule has 0 aliphatic rings. The summed E-state index contributed by atoms with van der Waals surface area (Å²) < 4.78 is 10.2. The second-order valence-electron chi connectivity index (χ2n) is 15.6. The predicted molar refractivity (Wildman–Crippen MR) is 174 cm³/mol. The van der Waals surface area contributed by atoms with Gasteiger partial charge in [0.1, 0.15) is 0 Å². The van der Waals surface area contributed by atoms with Gasteiger partial charge in [0.25, 0.3) is 0 Å². The van der Waals surface area contributed by atoms with E-state index in [1.165, 1.54) is 7.11 Å². The summed E-state index contributed by atoms with van der Waals surface area (Å²) in [6.07, 6.45) is 1.34. The van der Waals surface area contributed by atoms with Gasteiger partial charge in [-0.25, -0.2) is 0 Å². The third-order valence-corrected chi connectivity index (χ3v) is 11.7. The maximum Gasteiger partial charge on any atom is 0.312 e. The molecule has 240 valence electrons. The predicted octanol–water partition coefficient (Wildman–Crippen LogP) is 9.05. The molecule has 6 nitrogen and oxygen atoms in total. The number of aliphatic carboxylic acids is 1. The number of carboxylic acid groups (broad SMARTS) is 1. The Labute approximate surface area is 263 Å². The molecule has 0 aromatic heterocycles. The van der Waals surface area contributed by atoms with E-state index in [9.17, 15) is 19.5 Å². The lowest BCUT2D eigenvalue weighted by atomic mass is 9.51. The SMILES string of the molecule is CCOC(=O)C(C)(C)C(C)(C)CC(c1ccccc1)C(C)(C)CC(C)(C(=O)OC)C(C)(C)CC(C)(C(=O)O)C(C)(C)Br. The normalized spacial score (nSPS) is 17.0. The molecule has 0 heterocycles. The Morgan fingerprint density at radius 1 is 0.786 bits per heavy atom. The van der Waals surface area contributed by atoms with E-state index in [-0.39, 0.29) is 24.3 Å². The first-order valence-electron chi connectivity index (χ1n) is 15.0. The summed E-state index contributed by atoms with van der Waals surface area (Å²) in [7, 11) is 1.40. The molecule has 0 spiro atoms. The van der Waals surface area contributed by atoms with Crippen molar-refractivity contribution < 1.29 is 29.0 Å². The molecular weight excluding hydrogens is 596 g/mol. The molecule has 42 heavy (non-hydrogen) atoms. The molecule has 1 N–H and O–H groups in total. The summed E-state index contributed by atoms with van der Waals surface area (Å²) in [5.41, 5.74) is -3.53. The minimum absolute atomic E-state index is 0.0411. The number of carbonyl (C=O) groups is 3. The Bertz CT molecular complexity index is 1100. The number of ether oxygens (including phenoxy) is 2. The van der Waals surface area contributed by atoms with Crippen molar-refractivity contribution in [3.63, 3.8) is 0 Å². The number of hydrogen-bond acceptors (Lipinski definition) is 5. The van der Waals surface area contributed by atoms with Crippen molar-refractivity contribution in [3.8, 4) is 0 Å². The quantitative estimate of drug-likeness (QED) is 0.150. The van der Waals surface area contributed by atoms with Crippen molar-refractivity contribution in [2.75, 3.05) is 13.7 Å². The number of alkyl halides is 1. The summed E-state index contributed by atoms with van der Waals surface area (Å²) in [4.78, 5) is 39.5. The Morgan fingerprint density at radius 3 is 1.69 bits per heavy atom. The molecule has 0 fully saturated rings. The van der Waals surface area contributed by atoms with Crippen LogP contribution in [-0.2, 0) is 23.9 Å². The third kappa shape index (κ3) is 7.60. The molecule has 3 atom stereocenters. The smallest absolute Gasteiger partial charge is 0.312 e. The van der Waals surface area contributed by atoms with Crippen LogP contribution >= 0.6 is 15.9 Å². The van der Waals surface area contributed by atoms with Crippen LogP contribution in [0.15, 0.2) is 30.3 Å². The van der Waals surface area contributed by atoms with Gasteiger partial charge in [-0.3, -0.25) is 14.4 Å². The molecule has 1 rings (SSSR count). The Kier molecular flexibility index (Phi) is 11.8. The standard InChI is InChI=1S/C35H57BrO6/c1-15-42-27(39)32(8,9)30(4,5)21-25(24-19-17-16-18-20-24)29(2,3)22-35(13,28(40)41-14)31(6,7)23-34(12,26(37)38)33(10,11)36/h16-20,25H,15,21-23H2,1-14H3,(H,37,38). The van der Waals surface area contributed by atoms with Crippen LogP contribution in [0.3, 0.4) is 0 Å². The Hall–Kier alpha value is -1.89.